The first-order valence-electron chi connectivity index (χ1n) is 20.5. The van der Waals surface area contributed by atoms with Gasteiger partial charge in [-0.15, -0.1) is 0 Å². The van der Waals surface area contributed by atoms with E-state index in [1.807, 2.05) is 51.2 Å². The number of carbonyl (C=O) groups is 1. The molecule has 1 aromatic heterocycles. The molecular formula is C43H71N3O3S. The number of hydrogen-bond donors (Lipinski definition) is 1. The Hall–Kier alpha value is -1.99. The Morgan fingerprint density at radius 2 is 1.56 bits per heavy atom. The maximum atomic E-state index is 13.2. The van der Waals surface area contributed by atoms with Crippen molar-refractivity contribution in [2.75, 3.05) is 31.7 Å². The highest BCUT2D eigenvalue weighted by molar-refractivity contribution is 7.99. The van der Waals surface area contributed by atoms with Crippen LogP contribution >= 0.6 is 11.8 Å². The van der Waals surface area contributed by atoms with Crippen molar-refractivity contribution < 1.29 is 14.3 Å². The summed E-state index contributed by atoms with van der Waals surface area (Å²) in [5, 5.41) is 4.03. The van der Waals surface area contributed by atoms with Gasteiger partial charge in [-0.05, 0) is 101 Å². The number of fused-ring (bicyclic) bond motifs is 4. The molecule has 4 unspecified atom stereocenters. The fraction of sp³-hybridized carbons (Fsp3) is 0.767. The number of rotatable bonds is 24. The molecule has 5 atom stereocenters. The molecule has 3 aliphatic heterocycles. The van der Waals surface area contributed by atoms with Gasteiger partial charge in [0.15, 0.2) is 0 Å². The second-order valence-electron chi connectivity index (χ2n) is 16.3. The van der Waals surface area contributed by atoms with Crippen molar-refractivity contribution in [3.05, 3.63) is 36.0 Å². The predicted octanol–water partition coefficient (Wildman–Crippen LogP) is 11.9. The van der Waals surface area contributed by atoms with E-state index in [9.17, 15) is 4.79 Å². The summed E-state index contributed by atoms with van der Waals surface area (Å²) in [4.78, 5) is 20.4. The minimum atomic E-state index is -0.372. The summed E-state index contributed by atoms with van der Waals surface area (Å²) in [6, 6.07) is 8.16. The summed E-state index contributed by atoms with van der Waals surface area (Å²) in [6.45, 7) is 10.4. The standard InChI is InChI=1S/C43H71N3O3S/c1-6-7-8-9-10-11-12-13-14-15-16-17-18-19-20-21-29-50-30-26-35-33-46-28-25-34(35)31-40(46)41(49-42(47)45-43(2,3)4)37-24-27-44-39-23-22-36(48-5)32-38(37)39/h22-24,27,32,34-35,40-41H,6-21,25-26,28-31,33H2,1-5H3,(H,45,47)/t34?,35?,40?,41-/m1/s1. The minimum absolute atomic E-state index is 0.158. The van der Waals surface area contributed by atoms with E-state index < -0.39 is 0 Å². The molecule has 1 aromatic carbocycles. The molecule has 7 heteroatoms. The number of alkyl carbamates (subject to hydrolysis) is 1. The van der Waals surface area contributed by atoms with Crippen molar-refractivity contribution in [2.45, 2.75) is 167 Å². The lowest BCUT2D eigenvalue weighted by Crippen LogP contribution is -2.56. The number of thioether (sulfide) groups is 1. The second-order valence-corrected chi connectivity index (χ2v) is 17.5. The molecule has 2 bridgehead atoms. The zero-order valence-corrected chi connectivity index (χ0v) is 33.3. The number of aromatic nitrogens is 1. The zero-order chi connectivity index (χ0) is 35.6. The van der Waals surface area contributed by atoms with Crippen LogP contribution in [0.3, 0.4) is 0 Å². The molecular weight excluding hydrogens is 639 g/mol. The van der Waals surface area contributed by atoms with E-state index >= 15 is 0 Å². The van der Waals surface area contributed by atoms with E-state index in [1.54, 1.807) is 7.11 Å². The number of nitrogens with zero attached hydrogens (tertiary/aromatic N) is 2. The molecule has 6 nitrogen and oxygen atoms in total. The van der Waals surface area contributed by atoms with E-state index in [0.29, 0.717) is 5.92 Å². The van der Waals surface area contributed by atoms with Gasteiger partial charge in [0.25, 0.3) is 0 Å². The summed E-state index contributed by atoms with van der Waals surface area (Å²) in [6.07, 6.45) is 27.6. The van der Waals surface area contributed by atoms with Gasteiger partial charge in [0.1, 0.15) is 11.9 Å². The van der Waals surface area contributed by atoms with Crippen molar-refractivity contribution in [1.29, 1.82) is 0 Å². The molecule has 282 valence electrons. The average molecular weight is 710 g/mol. The normalized spacial score (nSPS) is 21.0. The lowest BCUT2D eigenvalue weighted by molar-refractivity contribution is -0.0609. The summed E-state index contributed by atoms with van der Waals surface area (Å²) >= 11 is 2.17. The number of piperidine rings is 3. The van der Waals surface area contributed by atoms with Crippen molar-refractivity contribution >= 4 is 28.8 Å². The number of ether oxygens (including phenoxy) is 2. The third-order valence-electron chi connectivity index (χ3n) is 11.1. The average Bonchev–Trinajstić information content (AvgIpc) is 3.10. The number of unbranched alkanes of at least 4 members (excludes halogenated alkanes) is 15. The number of hydrogen-bond acceptors (Lipinski definition) is 6. The van der Waals surface area contributed by atoms with Crippen molar-refractivity contribution in [3.63, 3.8) is 0 Å². The van der Waals surface area contributed by atoms with Crippen LogP contribution in [0.4, 0.5) is 4.79 Å². The van der Waals surface area contributed by atoms with Gasteiger partial charge in [0.05, 0.1) is 18.7 Å². The van der Waals surface area contributed by atoms with Gasteiger partial charge < -0.3 is 14.8 Å². The highest BCUT2D eigenvalue weighted by atomic mass is 32.2. The maximum Gasteiger partial charge on any atom is 0.408 e. The number of nitrogens with one attached hydrogen (secondary N) is 1. The third kappa shape index (κ3) is 13.9. The summed E-state index contributed by atoms with van der Waals surface area (Å²) < 4.78 is 11.9. The number of benzene rings is 1. The summed E-state index contributed by atoms with van der Waals surface area (Å²) in [5.41, 5.74) is 1.54. The van der Waals surface area contributed by atoms with E-state index in [-0.39, 0.29) is 23.8 Å². The Bertz CT molecular complexity index is 1250. The van der Waals surface area contributed by atoms with Gasteiger partial charge in [-0.2, -0.15) is 11.8 Å². The van der Waals surface area contributed by atoms with Crippen molar-refractivity contribution in [2.24, 2.45) is 11.8 Å². The molecule has 1 amide bonds. The molecule has 1 N–H and O–H groups in total. The molecule has 5 rings (SSSR count). The van der Waals surface area contributed by atoms with Gasteiger partial charge in [-0.3, -0.25) is 9.88 Å². The van der Waals surface area contributed by atoms with Crippen LogP contribution in [0.5, 0.6) is 5.75 Å². The molecule has 3 aliphatic rings. The van der Waals surface area contributed by atoms with Gasteiger partial charge in [0, 0.05) is 29.2 Å². The molecule has 3 saturated heterocycles. The Morgan fingerprint density at radius 1 is 0.920 bits per heavy atom. The highest BCUT2D eigenvalue weighted by Crippen LogP contribution is 2.44. The predicted molar refractivity (Wildman–Crippen MR) is 213 cm³/mol. The molecule has 2 aromatic rings. The van der Waals surface area contributed by atoms with Crippen molar-refractivity contribution in [3.8, 4) is 5.75 Å². The lowest BCUT2D eigenvalue weighted by atomic mass is 9.72. The Morgan fingerprint density at radius 3 is 2.14 bits per heavy atom. The number of methoxy groups -OCH3 is 1. The quantitative estimate of drug-likeness (QED) is 0.109. The third-order valence-corrected chi connectivity index (χ3v) is 12.2. The van der Waals surface area contributed by atoms with Crippen LogP contribution in [-0.4, -0.2) is 59.3 Å². The summed E-state index contributed by atoms with van der Waals surface area (Å²) in [5.74, 6) is 4.77. The number of carbonyl (C=O) groups excluding carboxylic acids is 1. The van der Waals surface area contributed by atoms with E-state index in [1.165, 1.54) is 127 Å². The first kappa shape index (κ1) is 40.8. The Balaban J connectivity index is 1.14. The molecule has 50 heavy (non-hydrogen) atoms. The van der Waals surface area contributed by atoms with E-state index in [2.05, 4.69) is 33.9 Å². The topological polar surface area (TPSA) is 63.7 Å². The van der Waals surface area contributed by atoms with E-state index in [4.69, 9.17) is 9.47 Å². The lowest BCUT2D eigenvalue weighted by Gasteiger charge is -2.52. The van der Waals surface area contributed by atoms with Gasteiger partial charge in [-0.25, -0.2) is 4.79 Å². The molecule has 4 heterocycles. The monoisotopic (exact) mass is 710 g/mol. The first-order valence-corrected chi connectivity index (χ1v) is 21.7. The minimum Gasteiger partial charge on any atom is -0.497 e. The SMILES string of the molecule is CCCCCCCCCCCCCCCCCCSCCC1CN2CCC1CC2[C@H](OC(=O)NC(C)(C)C)c1ccnc2ccc(OC)cc12. The smallest absolute Gasteiger partial charge is 0.408 e. The van der Waals surface area contributed by atoms with Gasteiger partial charge >= 0.3 is 6.09 Å². The molecule has 0 spiro atoms. The van der Waals surface area contributed by atoms with Crippen LogP contribution in [0.1, 0.15) is 161 Å². The summed E-state index contributed by atoms with van der Waals surface area (Å²) in [7, 11) is 1.69. The fourth-order valence-corrected chi connectivity index (χ4v) is 9.31. The van der Waals surface area contributed by atoms with Gasteiger partial charge in [0.2, 0.25) is 0 Å². The Kier molecular flexibility index (Phi) is 18.1. The molecule has 0 radical (unpaired) electrons. The fourth-order valence-electron chi connectivity index (χ4n) is 8.23. The number of pyridine rings is 1. The zero-order valence-electron chi connectivity index (χ0n) is 32.5. The van der Waals surface area contributed by atoms with E-state index in [0.717, 1.165) is 47.6 Å². The van der Waals surface area contributed by atoms with Crippen molar-refractivity contribution in [1.82, 2.24) is 15.2 Å². The van der Waals surface area contributed by atoms with Crippen LogP contribution in [0.2, 0.25) is 0 Å². The highest BCUT2D eigenvalue weighted by Gasteiger charge is 2.45. The number of amides is 1. The molecule has 0 saturated carbocycles. The Labute approximate surface area is 310 Å². The van der Waals surface area contributed by atoms with Crippen LogP contribution in [0.15, 0.2) is 30.5 Å². The first-order chi connectivity index (χ1) is 24.3. The second kappa shape index (κ2) is 22.2. The maximum absolute atomic E-state index is 13.2. The molecule has 3 fully saturated rings. The van der Waals surface area contributed by atoms with Crippen LogP contribution in [0, 0.1) is 11.8 Å². The largest absolute Gasteiger partial charge is 0.497 e. The van der Waals surface area contributed by atoms with Crippen LogP contribution < -0.4 is 10.1 Å². The van der Waals surface area contributed by atoms with Crippen LogP contribution in [-0.2, 0) is 4.74 Å². The van der Waals surface area contributed by atoms with Gasteiger partial charge in [-0.1, -0.05) is 103 Å². The van der Waals surface area contributed by atoms with Crippen LogP contribution in [0.25, 0.3) is 10.9 Å². The molecule has 0 aliphatic carbocycles.